The first-order valence-electron chi connectivity index (χ1n) is 6.36. The van der Waals surface area contributed by atoms with Crippen LogP contribution in [0.1, 0.15) is 26.7 Å². The largest absolute Gasteiger partial charge is 0.396 e. The second kappa shape index (κ2) is 6.85. The lowest BCUT2D eigenvalue weighted by molar-refractivity contribution is 0.119. The summed E-state index contributed by atoms with van der Waals surface area (Å²) in [7, 11) is -3.97. The van der Waals surface area contributed by atoms with Gasteiger partial charge in [0.25, 0.3) is 0 Å². The number of hydrogen-bond acceptors (Lipinski definition) is 3. The van der Waals surface area contributed by atoms with Crippen molar-refractivity contribution in [2.45, 2.75) is 31.6 Å². The molecule has 0 fully saturated rings. The highest BCUT2D eigenvalue weighted by Gasteiger charge is 2.28. The Morgan fingerprint density at radius 2 is 1.95 bits per heavy atom. The van der Waals surface area contributed by atoms with E-state index in [1.807, 2.05) is 13.8 Å². The van der Waals surface area contributed by atoms with Crippen molar-refractivity contribution in [1.82, 2.24) is 4.72 Å². The van der Waals surface area contributed by atoms with Gasteiger partial charge in [-0.3, -0.25) is 0 Å². The van der Waals surface area contributed by atoms with Crippen LogP contribution in [0.2, 0.25) is 5.02 Å². The molecule has 2 N–H and O–H groups in total. The summed E-state index contributed by atoms with van der Waals surface area (Å²) in [5.74, 6) is -0.896. The maximum Gasteiger partial charge on any atom is 0.243 e. The van der Waals surface area contributed by atoms with Gasteiger partial charge in [-0.1, -0.05) is 25.4 Å². The highest BCUT2D eigenvalue weighted by molar-refractivity contribution is 7.89. The predicted octanol–water partition coefficient (Wildman–Crippen LogP) is 2.56. The van der Waals surface area contributed by atoms with E-state index in [1.54, 1.807) is 0 Å². The van der Waals surface area contributed by atoms with Gasteiger partial charge in [-0.2, -0.15) is 0 Å². The first-order chi connectivity index (χ1) is 9.30. The summed E-state index contributed by atoms with van der Waals surface area (Å²) in [6.45, 7) is 3.67. The monoisotopic (exact) mass is 323 g/mol. The lowest BCUT2D eigenvalue weighted by atomic mass is 9.84. The predicted molar refractivity (Wildman–Crippen MR) is 76.7 cm³/mol. The third-order valence-electron chi connectivity index (χ3n) is 3.66. The van der Waals surface area contributed by atoms with Gasteiger partial charge in [-0.05, 0) is 31.0 Å². The van der Waals surface area contributed by atoms with E-state index in [0.29, 0.717) is 12.8 Å². The Kier molecular flexibility index (Phi) is 5.94. The van der Waals surface area contributed by atoms with E-state index in [2.05, 4.69) is 4.72 Å². The zero-order valence-electron chi connectivity index (χ0n) is 11.5. The highest BCUT2D eigenvalue weighted by atomic mass is 35.5. The summed E-state index contributed by atoms with van der Waals surface area (Å²) in [5.41, 5.74) is -0.532. The fourth-order valence-corrected chi connectivity index (χ4v) is 3.17. The number of hydrogen-bond donors (Lipinski definition) is 2. The van der Waals surface area contributed by atoms with Crippen molar-refractivity contribution in [3.63, 3.8) is 0 Å². The van der Waals surface area contributed by atoms with Crippen LogP contribution in [0.5, 0.6) is 0 Å². The van der Waals surface area contributed by atoms with Gasteiger partial charge < -0.3 is 5.11 Å². The van der Waals surface area contributed by atoms with Crippen LogP contribution in [0.3, 0.4) is 0 Å². The number of halogens is 2. The summed E-state index contributed by atoms with van der Waals surface area (Å²) < 4.78 is 40.2. The minimum Gasteiger partial charge on any atom is -0.396 e. The van der Waals surface area contributed by atoms with Gasteiger partial charge in [0.2, 0.25) is 10.0 Å². The first kappa shape index (κ1) is 17.4. The van der Waals surface area contributed by atoms with Crippen LogP contribution >= 0.6 is 11.6 Å². The molecule has 114 valence electrons. The summed E-state index contributed by atoms with van der Waals surface area (Å²) in [6, 6.07) is 3.39. The van der Waals surface area contributed by atoms with Gasteiger partial charge in [0.15, 0.2) is 0 Å². The molecular weight excluding hydrogens is 305 g/mol. The molecule has 0 radical (unpaired) electrons. The number of rotatable bonds is 7. The van der Waals surface area contributed by atoms with Gasteiger partial charge in [-0.25, -0.2) is 17.5 Å². The Morgan fingerprint density at radius 3 is 2.40 bits per heavy atom. The quantitative estimate of drug-likeness (QED) is 0.810. The second-order valence-electron chi connectivity index (χ2n) is 4.76. The minimum atomic E-state index is -3.97. The molecule has 0 aliphatic rings. The van der Waals surface area contributed by atoms with E-state index in [4.69, 9.17) is 11.6 Å². The third kappa shape index (κ3) is 3.91. The van der Waals surface area contributed by atoms with Gasteiger partial charge >= 0.3 is 0 Å². The number of sulfonamides is 1. The Morgan fingerprint density at radius 1 is 1.35 bits per heavy atom. The molecule has 0 saturated heterocycles. The van der Waals surface area contributed by atoms with Crippen LogP contribution in [-0.4, -0.2) is 26.7 Å². The van der Waals surface area contributed by atoms with Crippen LogP contribution < -0.4 is 4.72 Å². The first-order valence-corrected chi connectivity index (χ1v) is 8.22. The van der Waals surface area contributed by atoms with E-state index < -0.39 is 26.2 Å². The number of nitrogens with one attached hydrogen (secondary N) is 1. The van der Waals surface area contributed by atoms with Crippen LogP contribution in [0.15, 0.2) is 23.1 Å². The van der Waals surface area contributed by atoms with E-state index in [9.17, 15) is 17.9 Å². The molecular formula is C13H19ClFNO3S. The van der Waals surface area contributed by atoms with Crippen molar-refractivity contribution in [2.75, 3.05) is 13.2 Å². The van der Waals surface area contributed by atoms with E-state index in [-0.39, 0.29) is 18.2 Å². The molecule has 0 aromatic heterocycles. The molecule has 0 atom stereocenters. The zero-order chi connectivity index (χ0) is 15.4. The van der Waals surface area contributed by atoms with Crippen LogP contribution in [0.4, 0.5) is 4.39 Å². The molecule has 0 saturated carbocycles. The molecule has 20 heavy (non-hydrogen) atoms. The molecule has 1 rings (SSSR count). The molecule has 0 amide bonds. The second-order valence-corrected chi connectivity index (χ2v) is 6.94. The van der Waals surface area contributed by atoms with Crippen molar-refractivity contribution in [2.24, 2.45) is 5.41 Å². The van der Waals surface area contributed by atoms with Crippen molar-refractivity contribution in [1.29, 1.82) is 0 Å². The van der Waals surface area contributed by atoms with E-state index >= 15 is 0 Å². The molecule has 0 bridgehead atoms. The van der Waals surface area contributed by atoms with Crippen molar-refractivity contribution < 1.29 is 17.9 Å². The van der Waals surface area contributed by atoms with Gasteiger partial charge in [-0.15, -0.1) is 0 Å². The average molecular weight is 324 g/mol. The molecule has 0 aliphatic heterocycles. The molecule has 4 nitrogen and oxygen atoms in total. The van der Waals surface area contributed by atoms with E-state index in [1.165, 1.54) is 6.07 Å². The molecule has 0 unspecified atom stereocenters. The molecule has 1 aromatic carbocycles. The summed E-state index contributed by atoms with van der Waals surface area (Å²) in [4.78, 5) is -0.444. The highest BCUT2D eigenvalue weighted by Crippen LogP contribution is 2.26. The zero-order valence-corrected chi connectivity index (χ0v) is 13.1. The third-order valence-corrected chi connectivity index (χ3v) is 5.33. The SMILES string of the molecule is CCC(CC)(CO)CNS(=O)(=O)c1ccc(Cl)cc1F. The van der Waals surface area contributed by atoms with Crippen molar-refractivity contribution in [3.8, 4) is 0 Å². The standard InChI is InChI=1S/C13H19ClFNO3S/c1-3-13(4-2,9-17)8-16-20(18,19)12-6-5-10(14)7-11(12)15/h5-7,16-17H,3-4,8-9H2,1-2H3. The molecule has 0 heterocycles. The Balaban J connectivity index is 2.96. The Hall–Kier alpha value is -0.690. The normalized spacial score (nSPS) is 12.7. The maximum atomic E-state index is 13.7. The number of aliphatic hydroxyl groups is 1. The lowest BCUT2D eigenvalue weighted by Gasteiger charge is -2.29. The maximum absolute atomic E-state index is 13.7. The molecule has 1 aromatic rings. The van der Waals surface area contributed by atoms with Gasteiger partial charge in [0.05, 0.1) is 0 Å². The molecule has 0 aliphatic carbocycles. The van der Waals surface area contributed by atoms with Gasteiger partial charge in [0, 0.05) is 23.6 Å². The molecule has 0 spiro atoms. The number of benzene rings is 1. The summed E-state index contributed by atoms with van der Waals surface area (Å²) in [6.07, 6.45) is 1.23. The summed E-state index contributed by atoms with van der Waals surface area (Å²) >= 11 is 5.60. The smallest absolute Gasteiger partial charge is 0.243 e. The minimum absolute atomic E-state index is 0.0564. The summed E-state index contributed by atoms with van der Waals surface area (Å²) in [5, 5.41) is 9.54. The van der Waals surface area contributed by atoms with Crippen molar-refractivity contribution >= 4 is 21.6 Å². The topological polar surface area (TPSA) is 66.4 Å². The Bertz CT molecular complexity index is 550. The fourth-order valence-electron chi connectivity index (χ4n) is 1.80. The van der Waals surface area contributed by atoms with Crippen LogP contribution in [0, 0.1) is 11.2 Å². The lowest BCUT2D eigenvalue weighted by Crippen LogP contribution is -2.39. The number of aliphatic hydroxyl groups excluding tert-OH is 1. The van der Waals surface area contributed by atoms with Crippen molar-refractivity contribution in [3.05, 3.63) is 29.0 Å². The average Bonchev–Trinajstić information content (AvgIpc) is 2.40. The van der Waals surface area contributed by atoms with E-state index in [0.717, 1.165) is 12.1 Å². The molecule has 7 heteroatoms. The van der Waals surface area contributed by atoms with Crippen LogP contribution in [0.25, 0.3) is 0 Å². The van der Waals surface area contributed by atoms with Crippen LogP contribution in [-0.2, 0) is 10.0 Å². The Labute approximate surface area is 124 Å². The fraction of sp³-hybridized carbons (Fsp3) is 0.538. The van der Waals surface area contributed by atoms with Gasteiger partial charge in [0.1, 0.15) is 10.7 Å².